The van der Waals surface area contributed by atoms with Gasteiger partial charge in [0.2, 0.25) is 0 Å². The van der Waals surface area contributed by atoms with Gasteiger partial charge in [-0.2, -0.15) is 13.2 Å². The number of thiazole rings is 1. The van der Waals surface area contributed by atoms with E-state index in [-0.39, 0.29) is 16.8 Å². The van der Waals surface area contributed by atoms with Crippen molar-refractivity contribution in [1.29, 1.82) is 0 Å². The standard InChI is InChI=1S/C24H21ClF3N3O3S/c25-16-5-10-20(19(11-16)24(26,27)28)31-23(33)30-17-6-1-14(2-7-17)21-12-29-22(35-21)15-3-8-18(9-4-15)34-13-32/h1-2,5-7,10-13,15,18H,3-4,8-9H2,(H2,30,31,33). The smallest absolute Gasteiger partial charge is 0.418 e. The van der Waals surface area contributed by atoms with Crippen molar-refractivity contribution in [3.05, 3.63) is 64.3 Å². The van der Waals surface area contributed by atoms with Crippen LogP contribution in [0.3, 0.4) is 0 Å². The number of halogens is 4. The summed E-state index contributed by atoms with van der Waals surface area (Å²) in [5.74, 6) is 0.333. The average molecular weight is 524 g/mol. The molecule has 2 amide bonds. The van der Waals surface area contributed by atoms with Crippen LogP contribution >= 0.6 is 22.9 Å². The summed E-state index contributed by atoms with van der Waals surface area (Å²) in [6, 6.07) is 9.30. The Hall–Kier alpha value is -3.11. The topological polar surface area (TPSA) is 80.3 Å². The van der Waals surface area contributed by atoms with E-state index in [9.17, 15) is 22.8 Å². The molecule has 3 aromatic rings. The van der Waals surface area contributed by atoms with Gasteiger partial charge < -0.3 is 15.4 Å². The predicted octanol–water partition coefficient (Wildman–Crippen LogP) is 7.33. The monoisotopic (exact) mass is 523 g/mol. The summed E-state index contributed by atoms with van der Waals surface area (Å²) in [6.45, 7) is 0.506. The van der Waals surface area contributed by atoms with E-state index in [2.05, 4.69) is 15.6 Å². The van der Waals surface area contributed by atoms with E-state index in [1.165, 1.54) is 6.07 Å². The summed E-state index contributed by atoms with van der Waals surface area (Å²) < 4.78 is 44.7. The molecule has 1 aromatic heterocycles. The zero-order chi connectivity index (χ0) is 25.0. The number of carbonyl (C=O) groups is 2. The van der Waals surface area contributed by atoms with Gasteiger partial charge in [-0.25, -0.2) is 9.78 Å². The number of urea groups is 1. The van der Waals surface area contributed by atoms with Gasteiger partial charge in [0.15, 0.2) is 0 Å². The van der Waals surface area contributed by atoms with Crippen LogP contribution in [0, 0.1) is 0 Å². The third-order valence-corrected chi connectivity index (χ3v) is 7.20. The fourth-order valence-electron chi connectivity index (χ4n) is 4.00. The average Bonchev–Trinajstić information content (AvgIpc) is 3.31. The van der Waals surface area contributed by atoms with E-state index in [1.54, 1.807) is 23.5 Å². The zero-order valence-corrected chi connectivity index (χ0v) is 19.8. The number of amides is 2. The lowest BCUT2D eigenvalue weighted by atomic mass is 9.88. The maximum absolute atomic E-state index is 13.2. The first-order valence-electron chi connectivity index (χ1n) is 10.8. The van der Waals surface area contributed by atoms with Crippen molar-refractivity contribution < 1.29 is 27.5 Å². The lowest BCUT2D eigenvalue weighted by molar-refractivity contribution is -0.137. The van der Waals surface area contributed by atoms with Crippen LogP contribution < -0.4 is 10.6 Å². The molecule has 11 heteroatoms. The van der Waals surface area contributed by atoms with Gasteiger partial charge in [0.05, 0.1) is 21.1 Å². The van der Waals surface area contributed by atoms with Crippen molar-refractivity contribution in [2.75, 3.05) is 10.6 Å². The molecule has 0 bridgehead atoms. The minimum absolute atomic E-state index is 0.0137. The Labute approximate surface area is 208 Å². The molecule has 1 aliphatic carbocycles. The van der Waals surface area contributed by atoms with Gasteiger partial charge in [-0.05, 0) is 61.6 Å². The molecule has 1 fully saturated rings. The van der Waals surface area contributed by atoms with E-state index in [0.29, 0.717) is 18.1 Å². The lowest BCUT2D eigenvalue weighted by Gasteiger charge is -2.25. The van der Waals surface area contributed by atoms with Crippen molar-refractivity contribution in [2.24, 2.45) is 0 Å². The van der Waals surface area contributed by atoms with Crippen LogP contribution in [0.4, 0.5) is 29.3 Å². The number of benzene rings is 2. The number of alkyl halides is 3. The van der Waals surface area contributed by atoms with Crippen molar-refractivity contribution in [3.8, 4) is 10.4 Å². The minimum atomic E-state index is -4.66. The molecule has 0 aliphatic heterocycles. The highest BCUT2D eigenvalue weighted by atomic mass is 35.5. The van der Waals surface area contributed by atoms with Gasteiger partial charge in [0.1, 0.15) is 6.10 Å². The number of anilines is 2. The van der Waals surface area contributed by atoms with Crippen LogP contribution in [0.5, 0.6) is 0 Å². The number of carbonyl (C=O) groups excluding carboxylic acids is 2. The number of nitrogens with one attached hydrogen (secondary N) is 2. The number of hydrogen-bond donors (Lipinski definition) is 2. The Bertz CT molecular complexity index is 1190. The fraction of sp³-hybridized carbons (Fsp3) is 0.292. The highest BCUT2D eigenvalue weighted by Gasteiger charge is 2.34. The summed E-state index contributed by atoms with van der Waals surface area (Å²) in [6.07, 6.45) is 0.594. The first-order chi connectivity index (χ1) is 16.7. The van der Waals surface area contributed by atoms with Crippen LogP contribution in [-0.2, 0) is 15.7 Å². The molecule has 4 rings (SSSR count). The number of nitrogens with zero attached hydrogens (tertiary/aromatic N) is 1. The second-order valence-corrected chi connectivity index (χ2v) is 9.61. The summed E-state index contributed by atoms with van der Waals surface area (Å²) in [5, 5.41) is 5.72. The molecule has 6 nitrogen and oxygen atoms in total. The van der Waals surface area contributed by atoms with Gasteiger partial charge in [0.25, 0.3) is 6.47 Å². The highest BCUT2D eigenvalue weighted by Crippen LogP contribution is 2.39. The Morgan fingerprint density at radius 2 is 1.80 bits per heavy atom. The largest absolute Gasteiger partial charge is 0.465 e. The highest BCUT2D eigenvalue weighted by molar-refractivity contribution is 7.15. The molecular formula is C24H21ClF3N3O3S. The normalized spacial score (nSPS) is 18.1. The number of aromatic nitrogens is 1. The molecule has 184 valence electrons. The van der Waals surface area contributed by atoms with E-state index in [4.69, 9.17) is 16.3 Å². The molecule has 0 spiro atoms. The van der Waals surface area contributed by atoms with Crippen molar-refractivity contribution in [3.63, 3.8) is 0 Å². The van der Waals surface area contributed by atoms with E-state index >= 15 is 0 Å². The molecule has 2 N–H and O–H groups in total. The lowest BCUT2D eigenvalue weighted by Crippen LogP contribution is -2.21. The second-order valence-electron chi connectivity index (χ2n) is 8.11. The molecule has 0 atom stereocenters. The Morgan fingerprint density at radius 1 is 1.09 bits per heavy atom. The van der Waals surface area contributed by atoms with Crippen LogP contribution in [0.25, 0.3) is 10.4 Å². The van der Waals surface area contributed by atoms with Gasteiger partial charge in [-0.15, -0.1) is 11.3 Å². The predicted molar refractivity (Wildman–Crippen MR) is 129 cm³/mol. The maximum atomic E-state index is 13.2. The Morgan fingerprint density at radius 3 is 2.46 bits per heavy atom. The molecule has 0 unspecified atom stereocenters. The molecule has 0 saturated heterocycles. The third-order valence-electron chi connectivity index (χ3n) is 5.76. The van der Waals surface area contributed by atoms with E-state index < -0.39 is 17.8 Å². The molecule has 2 aromatic carbocycles. The third kappa shape index (κ3) is 6.32. The first kappa shape index (κ1) is 25.0. The quantitative estimate of drug-likeness (QED) is 0.331. The molecule has 1 heterocycles. The Balaban J connectivity index is 1.37. The number of hydrogen-bond acceptors (Lipinski definition) is 5. The molecule has 0 radical (unpaired) electrons. The first-order valence-corrected chi connectivity index (χ1v) is 12.0. The van der Waals surface area contributed by atoms with Crippen molar-refractivity contribution >= 4 is 46.8 Å². The van der Waals surface area contributed by atoms with Gasteiger partial charge >= 0.3 is 12.2 Å². The van der Waals surface area contributed by atoms with E-state index in [1.807, 2.05) is 18.3 Å². The zero-order valence-electron chi connectivity index (χ0n) is 18.3. The van der Waals surface area contributed by atoms with Crippen LogP contribution in [0.15, 0.2) is 48.7 Å². The van der Waals surface area contributed by atoms with Gasteiger partial charge in [-0.1, -0.05) is 23.7 Å². The molecular weight excluding hydrogens is 503 g/mol. The summed E-state index contributed by atoms with van der Waals surface area (Å²) in [7, 11) is 0. The summed E-state index contributed by atoms with van der Waals surface area (Å²) in [4.78, 5) is 28.3. The van der Waals surface area contributed by atoms with Crippen LogP contribution in [0.2, 0.25) is 5.02 Å². The summed E-state index contributed by atoms with van der Waals surface area (Å²) >= 11 is 7.26. The molecule has 35 heavy (non-hydrogen) atoms. The Kier molecular flexibility index (Phi) is 7.61. The minimum Gasteiger partial charge on any atom is -0.465 e. The van der Waals surface area contributed by atoms with Crippen molar-refractivity contribution in [2.45, 2.75) is 43.9 Å². The number of rotatable bonds is 6. The fourth-order valence-corrected chi connectivity index (χ4v) is 5.26. The second kappa shape index (κ2) is 10.7. The van der Waals surface area contributed by atoms with Crippen LogP contribution in [0.1, 0.15) is 42.2 Å². The maximum Gasteiger partial charge on any atom is 0.418 e. The number of ether oxygens (including phenoxy) is 1. The van der Waals surface area contributed by atoms with E-state index in [0.717, 1.165) is 53.3 Å². The van der Waals surface area contributed by atoms with Crippen LogP contribution in [-0.4, -0.2) is 23.6 Å². The van der Waals surface area contributed by atoms with Gasteiger partial charge in [-0.3, -0.25) is 4.79 Å². The molecule has 1 saturated carbocycles. The molecule has 1 aliphatic rings. The summed E-state index contributed by atoms with van der Waals surface area (Å²) in [5.41, 5.74) is -0.0806. The van der Waals surface area contributed by atoms with Crippen molar-refractivity contribution in [1.82, 2.24) is 4.98 Å². The van der Waals surface area contributed by atoms with Gasteiger partial charge in [0, 0.05) is 22.8 Å². The SMILES string of the molecule is O=COC1CCC(c2ncc(-c3ccc(NC(=O)Nc4ccc(Cl)cc4C(F)(F)F)cc3)s2)CC1.